The highest BCUT2D eigenvalue weighted by Gasteiger charge is 2.08. The summed E-state index contributed by atoms with van der Waals surface area (Å²) in [5.74, 6) is -0.257. The summed E-state index contributed by atoms with van der Waals surface area (Å²) in [5, 5.41) is 9.34. The van der Waals surface area contributed by atoms with Crippen molar-refractivity contribution >= 4 is 16.9 Å². The van der Waals surface area contributed by atoms with E-state index in [0.717, 1.165) is 11.2 Å². The largest absolute Gasteiger partial charge is 0.345 e. The van der Waals surface area contributed by atoms with Gasteiger partial charge in [0.25, 0.3) is 5.91 Å². The SMILES string of the molecule is O=C(NCc1ccn[nH]1)c1cnc2ccccc2n1. The third-order valence-corrected chi connectivity index (χ3v) is 2.68. The molecule has 0 atom stereocenters. The van der Waals surface area contributed by atoms with Crippen LogP contribution in [0.3, 0.4) is 0 Å². The van der Waals surface area contributed by atoms with Gasteiger partial charge in [0.1, 0.15) is 5.69 Å². The molecule has 6 nitrogen and oxygen atoms in total. The van der Waals surface area contributed by atoms with Crippen LogP contribution in [0.1, 0.15) is 16.2 Å². The van der Waals surface area contributed by atoms with Gasteiger partial charge in [-0.3, -0.25) is 14.9 Å². The van der Waals surface area contributed by atoms with Crippen LogP contribution >= 0.6 is 0 Å². The first-order chi connectivity index (χ1) is 9.33. The molecule has 0 saturated heterocycles. The number of amides is 1. The van der Waals surface area contributed by atoms with Gasteiger partial charge in [0.2, 0.25) is 0 Å². The average molecular weight is 253 g/mol. The zero-order valence-corrected chi connectivity index (χ0v) is 10.00. The van der Waals surface area contributed by atoms with Crippen LogP contribution in [0.15, 0.2) is 42.7 Å². The minimum Gasteiger partial charge on any atom is -0.345 e. The molecular weight excluding hydrogens is 242 g/mol. The van der Waals surface area contributed by atoms with Crippen LogP contribution in [0.4, 0.5) is 0 Å². The maximum atomic E-state index is 11.9. The molecule has 19 heavy (non-hydrogen) atoms. The number of para-hydroxylation sites is 2. The number of fused-ring (bicyclic) bond motifs is 1. The maximum Gasteiger partial charge on any atom is 0.271 e. The molecule has 0 aliphatic heterocycles. The van der Waals surface area contributed by atoms with Gasteiger partial charge in [0, 0.05) is 6.20 Å². The Morgan fingerprint density at radius 3 is 2.84 bits per heavy atom. The van der Waals surface area contributed by atoms with Crippen LogP contribution in [0.2, 0.25) is 0 Å². The van der Waals surface area contributed by atoms with E-state index in [4.69, 9.17) is 0 Å². The molecule has 1 aromatic carbocycles. The van der Waals surface area contributed by atoms with E-state index in [2.05, 4.69) is 25.5 Å². The topological polar surface area (TPSA) is 83.6 Å². The first-order valence-corrected chi connectivity index (χ1v) is 5.81. The Kier molecular flexibility index (Phi) is 2.89. The first kappa shape index (κ1) is 11.3. The van der Waals surface area contributed by atoms with Gasteiger partial charge in [-0.2, -0.15) is 5.10 Å². The molecule has 0 bridgehead atoms. The number of nitrogens with one attached hydrogen (secondary N) is 2. The number of aromatic nitrogens is 4. The summed E-state index contributed by atoms with van der Waals surface area (Å²) in [4.78, 5) is 20.4. The summed E-state index contributed by atoms with van der Waals surface area (Å²) in [7, 11) is 0. The van der Waals surface area contributed by atoms with E-state index < -0.39 is 0 Å². The number of nitrogens with zero attached hydrogens (tertiary/aromatic N) is 3. The van der Waals surface area contributed by atoms with Crippen molar-refractivity contribution in [2.24, 2.45) is 0 Å². The lowest BCUT2D eigenvalue weighted by Gasteiger charge is -2.03. The summed E-state index contributed by atoms with van der Waals surface area (Å²) >= 11 is 0. The Morgan fingerprint density at radius 2 is 2.05 bits per heavy atom. The number of hydrogen-bond donors (Lipinski definition) is 2. The molecular formula is C13H11N5O. The van der Waals surface area contributed by atoms with Crippen molar-refractivity contribution in [1.29, 1.82) is 0 Å². The molecule has 3 aromatic rings. The van der Waals surface area contributed by atoms with Crippen LogP contribution in [0.25, 0.3) is 11.0 Å². The van der Waals surface area contributed by atoms with Crippen molar-refractivity contribution in [3.05, 3.63) is 54.1 Å². The molecule has 0 spiro atoms. The minimum absolute atomic E-state index is 0.257. The van der Waals surface area contributed by atoms with Crippen molar-refractivity contribution in [3.63, 3.8) is 0 Å². The Labute approximate surface area is 108 Å². The van der Waals surface area contributed by atoms with Gasteiger partial charge in [-0.05, 0) is 18.2 Å². The lowest BCUT2D eigenvalue weighted by atomic mass is 10.3. The number of carbonyl (C=O) groups excluding carboxylic acids is 1. The van der Waals surface area contributed by atoms with Crippen LogP contribution in [0, 0.1) is 0 Å². The number of carbonyl (C=O) groups is 1. The highest BCUT2D eigenvalue weighted by molar-refractivity contribution is 5.93. The molecule has 0 radical (unpaired) electrons. The molecule has 2 aromatic heterocycles. The van der Waals surface area contributed by atoms with E-state index in [-0.39, 0.29) is 5.91 Å². The van der Waals surface area contributed by atoms with E-state index in [1.807, 2.05) is 24.3 Å². The van der Waals surface area contributed by atoms with Gasteiger partial charge in [0.15, 0.2) is 0 Å². The fourth-order valence-electron chi connectivity index (χ4n) is 1.72. The van der Waals surface area contributed by atoms with Crippen molar-refractivity contribution in [3.8, 4) is 0 Å². The fraction of sp³-hybridized carbons (Fsp3) is 0.0769. The minimum atomic E-state index is -0.257. The van der Waals surface area contributed by atoms with Crippen molar-refractivity contribution in [1.82, 2.24) is 25.5 Å². The van der Waals surface area contributed by atoms with Gasteiger partial charge in [-0.25, -0.2) is 4.98 Å². The smallest absolute Gasteiger partial charge is 0.271 e. The number of benzene rings is 1. The molecule has 0 saturated carbocycles. The average Bonchev–Trinajstić information content (AvgIpc) is 2.97. The number of hydrogen-bond acceptors (Lipinski definition) is 4. The second-order valence-corrected chi connectivity index (χ2v) is 4.01. The van der Waals surface area contributed by atoms with Crippen molar-refractivity contribution in [2.75, 3.05) is 0 Å². The second-order valence-electron chi connectivity index (χ2n) is 4.01. The van der Waals surface area contributed by atoms with Crippen molar-refractivity contribution < 1.29 is 4.79 Å². The highest BCUT2D eigenvalue weighted by Crippen LogP contribution is 2.08. The Morgan fingerprint density at radius 1 is 1.21 bits per heavy atom. The van der Waals surface area contributed by atoms with Gasteiger partial charge in [-0.15, -0.1) is 0 Å². The van der Waals surface area contributed by atoms with Crippen LogP contribution in [-0.2, 0) is 6.54 Å². The quantitative estimate of drug-likeness (QED) is 0.736. The Balaban J connectivity index is 1.77. The summed E-state index contributed by atoms with van der Waals surface area (Å²) in [6, 6.07) is 9.23. The highest BCUT2D eigenvalue weighted by atomic mass is 16.1. The van der Waals surface area contributed by atoms with Gasteiger partial charge in [-0.1, -0.05) is 12.1 Å². The number of H-pyrrole nitrogens is 1. The molecule has 2 heterocycles. The van der Waals surface area contributed by atoms with E-state index >= 15 is 0 Å². The van der Waals surface area contributed by atoms with Crippen LogP contribution < -0.4 is 5.32 Å². The number of aromatic amines is 1. The molecule has 6 heteroatoms. The van der Waals surface area contributed by atoms with Gasteiger partial charge in [0.05, 0.1) is 29.5 Å². The fourth-order valence-corrected chi connectivity index (χ4v) is 1.72. The predicted molar refractivity (Wildman–Crippen MR) is 69.3 cm³/mol. The zero-order valence-electron chi connectivity index (χ0n) is 10.00. The predicted octanol–water partition coefficient (Wildman–Crippen LogP) is 1.28. The Hall–Kier alpha value is -2.76. The maximum absolute atomic E-state index is 11.9. The third kappa shape index (κ3) is 2.42. The lowest BCUT2D eigenvalue weighted by molar-refractivity contribution is 0.0945. The zero-order chi connectivity index (χ0) is 13.1. The first-order valence-electron chi connectivity index (χ1n) is 5.81. The molecule has 0 unspecified atom stereocenters. The molecule has 3 rings (SSSR count). The second kappa shape index (κ2) is 4.85. The molecule has 2 N–H and O–H groups in total. The van der Waals surface area contributed by atoms with Crippen LogP contribution in [0.5, 0.6) is 0 Å². The van der Waals surface area contributed by atoms with E-state index in [1.54, 1.807) is 12.3 Å². The summed E-state index contributed by atoms with van der Waals surface area (Å²) in [6.07, 6.45) is 3.11. The van der Waals surface area contributed by atoms with E-state index in [9.17, 15) is 4.79 Å². The van der Waals surface area contributed by atoms with E-state index in [1.165, 1.54) is 6.20 Å². The van der Waals surface area contributed by atoms with E-state index in [0.29, 0.717) is 17.8 Å². The number of rotatable bonds is 3. The molecule has 0 aliphatic carbocycles. The van der Waals surface area contributed by atoms with Crippen molar-refractivity contribution in [2.45, 2.75) is 6.54 Å². The monoisotopic (exact) mass is 253 g/mol. The third-order valence-electron chi connectivity index (χ3n) is 2.68. The molecule has 1 amide bonds. The summed E-state index contributed by atoms with van der Waals surface area (Å²) in [6.45, 7) is 0.382. The Bertz CT molecular complexity index is 708. The summed E-state index contributed by atoms with van der Waals surface area (Å²) in [5.41, 5.74) is 2.62. The summed E-state index contributed by atoms with van der Waals surface area (Å²) < 4.78 is 0. The molecule has 94 valence electrons. The molecule has 0 fully saturated rings. The standard InChI is InChI=1S/C13H11N5O/c19-13(15-7-9-5-6-16-18-9)12-8-14-10-3-1-2-4-11(10)17-12/h1-6,8H,7H2,(H,15,19)(H,16,18). The van der Waals surface area contributed by atoms with Gasteiger partial charge >= 0.3 is 0 Å². The van der Waals surface area contributed by atoms with Gasteiger partial charge < -0.3 is 5.32 Å². The molecule has 0 aliphatic rings. The van der Waals surface area contributed by atoms with Crippen LogP contribution in [-0.4, -0.2) is 26.1 Å². The lowest BCUT2D eigenvalue weighted by Crippen LogP contribution is -2.24. The normalized spacial score (nSPS) is 10.5.